The maximum Gasteiger partial charge on any atom is 0.229 e. The lowest BCUT2D eigenvalue weighted by Crippen LogP contribution is -2.23. The minimum absolute atomic E-state index is 0.443. The number of ether oxygens (including phenoxy) is 2. The first kappa shape index (κ1) is 23.0. The lowest BCUT2D eigenvalue weighted by atomic mass is 10.1. The molecule has 1 heterocycles. The van der Waals surface area contributed by atoms with E-state index in [-0.39, 0.29) is 0 Å². The number of nitrogens with one attached hydrogen (secondary N) is 3. The molecule has 1 aromatic rings. The van der Waals surface area contributed by atoms with Crippen LogP contribution in [0.3, 0.4) is 0 Å². The van der Waals surface area contributed by atoms with Crippen molar-refractivity contribution >= 4 is 17.8 Å². The standard InChI is InChI=1S/C21H39N7O2/c22-11-13-29-15-16-30-14-12-23-19-26-20(24-17-7-3-1-2-4-8-17)28-21(27-19)25-18-9-5-6-10-18/h17-18H,1-16,22H2,(H3,23,24,25,26,27,28). The maximum absolute atomic E-state index is 5.57. The van der Waals surface area contributed by atoms with Crippen LogP contribution in [0, 0.1) is 0 Å². The molecule has 0 amide bonds. The summed E-state index contributed by atoms with van der Waals surface area (Å²) in [4.78, 5) is 13.9. The van der Waals surface area contributed by atoms with Crippen LogP contribution in [0.1, 0.15) is 64.2 Å². The fraction of sp³-hybridized carbons (Fsp3) is 0.857. The van der Waals surface area contributed by atoms with E-state index >= 15 is 0 Å². The summed E-state index contributed by atoms with van der Waals surface area (Å²) in [5.74, 6) is 1.91. The van der Waals surface area contributed by atoms with Gasteiger partial charge in [0.2, 0.25) is 17.8 Å². The summed E-state index contributed by atoms with van der Waals surface area (Å²) >= 11 is 0. The fourth-order valence-electron chi connectivity index (χ4n) is 4.08. The monoisotopic (exact) mass is 421 g/mol. The summed E-state index contributed by atoms with van der Waals surface area (Å²) in [5, 5.41) is 10.3. The van der Waals surface area contributed by atoms with Gasteiger partial charge in [0.05, 0.1) is 26.4 Å². The molecule has 2 aliphatic rings. The molecular formula is C21H39N7O2. The molecule has 0 saturated heterocycles. The van der Waals surface area contributed by atoms with E-state index in [1.807, 2.05) is 0 Å². The van der Waals surface area contributed by atoms with E-state index in [9.17, 15) is 0 Å². The SMILES string of the molecule is NCCOCCOCCNc1nc(NC2CCCCCC2)nc(NC2CCCC2)n1. The predicted octanol–water partition coefficient (Wildman–Crippen LogP) is 2.76. The normalized spacial score (nSPS) is 18.3. The maximum atomic E-state index is 5.57. The van der Waals surface area contributed by atoms with E-state index in [0.717, 1.165) is 0 Å². The first-order valence-electron chi connectivity index (χ1n) is 11.7. The Morgan fingerprint density at radius 3 is 1.73 bits per heavy atom. The Hall–Kier alpha value is -1.71. The summed E-state index contributed by atoms with van der Waals surface area (Å²) in [6, 6.07) is 0.904. The zero-order valence-electron chi connectivity index (χ0n) is 18.2. The van der Waals surface area contributed by atoms with Crippen molar-refractivity contribution in [2.24, 2.45) is 5.73 Å². The van der Waals surface area contributed by atoms with Crippen LogP contribution in [0.25, 0.3) is 0 Å². The van der Waals surface area contributed by atoms with Gasteiger partial charge in [-0.2, -0.15) is 15.0 Å². The van der Waals surface area contributed by atoms with Gasteiger partial charge in [-0.25, -0.2) is 0 Å². The topological polar surface area (TPSA) is 119 Å². The van der Waals surface area contributed by atoms with Gasteiger partial charge in [0.15, 0.2) is 0 Å². The Balaban J connectivity index is 1.52. The summed E-state index contributed by atoms with van der Waals surface area (Å²) in [6.45, 7) is 3.42. The van der Waals surface area contributed by atoms with Crippen molar-refractivity contribution in [1.82, 2.24) is 15.0 Å². The van der Waals surface area contributed by atoms with Gasteiger partial charge in [-0.3, -0.25) is 0 Å². The number of nitrogens with zero attached hydrogens (tertiary/aromatic N) is 3. The van der Waals surface area contributed by atoms with Crippen molar-refractivity contribution in [2.75, 3.05) is 55.5 Å². The Morgan fingerprint density at radius 1 is 0.667 bits per heavy atom. The highest BCUT2D eigenvalue weighted by Crippen LogP contribution is 2.23. The van der Waals surface area contributed by atoms with E-state index in [2.05, 4.69) is 30.9 Å². The number of hydrogen-bond acceptors (Lipinski definition) is 9. The van der Waals surface area contributed by atoms with Gasteiger partial charge >= 0.3 is 0 Å². The van der Waals surface area contributed by atoms with Crippen LogP contribution in [0.15, 0.2) is 0 Å². The first-order valence-corrected chi connectivity index (χ1v) is 11.7. The third-order valence-electron chi connectivity index (χ3n) is 5.68. The number of hydrogen-bond donors (Lipinski definition) is 4. The molecule has 9 heteroatoms. The number of nitrogens with two attached hydrogens (primary N) is 1. The summed E-state index contributed by atoms with van der Waals surface area (Å²) in [6.07, 6.45) is 12.5. The summed E-state index contributed by atoms with van der Waals surface area (Å²) in [7, 11) is 0. The molecule has 0 aliphatic heterocycles. The van der Waals surface area contributed by atoms with Crippen LogP contribution in [0.4, 0.5) is 17.8 Å². The molecule has 30 heavy (non-hydrogen) atoms. The molecule has 5 N–H and O–H groups in total. The first-order chi connectivity index (χ1) is 14.8. The van der Waals surface area contributed by atoms with Crippen LogP contribution in [-0.4, -0.2) is 66.6 Å². The minimum Gasteiger partial charge on any atom is -0.378 e. The van der Waals surface area contributed by atoms with E-state index in [1.54, 1.807) is 0 Å². The van der Waals surface area contributed by atoms with Crippen LogP contribution in [0.2, 0.25) is 0 Å². The molecule has 9 nitrogen and oxygen atoms in total. The largest absolute Gasteiger partial charge is 0.378 e. The predicted molar refractivity (Wildman–Crippen MR) is 120 cm³/mol. The Morgan fingerprint density at radius 2 is 1.17 bits per heavy atom. The molecule has 0 unspecified atom stereocenters. The van der Waals surface area contributed by atoms with Crippen molar-refractivity contribution in [3.63, 3.8) is 0 Å². The fourth-order valence-corrected chi connectivity index (χ4v) is 4.08. The zero-order chi connectivity index (χ0) is 20.9. The smallest absolute Gasteiger partial charge is 0.229 e. The van der Waals surface area contributed by atoms with Crippen molar-refractivity contribution in [3.05, 3.63) is 0 Å². The van der Waals surface area contributed by atoms with Crippen molar-refractivity contribution < 1.29 is 9.47 Å². The van der Waals surface area contributed by atoms with Crippen LogP contribution in [-0.2, 0) is 9.47 Å². The van der Waals surface area contributed by atoms with Crippen LogP contribution in [0.5, 0.6) is 0 Å². The molecule has 0 atom stereocenters. The van der Waals surface area contributed by atoms with E-state index in [4.69, 9.17) is 15.2 Å². The lowest BCUT2D eigenvalue weighted by Gasteiger charge is -2.18. The zero-order valence-corrected chi connectivity index (χ0v) is 18.2. The summed E-state index contributed by atoms with van der Waals surface area (Å²) < 4.78 is 10.9. The van der Waals surface area contributed by atoms with E-state index < -0.39 is 0 Å². The Kier molecular flexibility index (Phi) is 10.4. The van der Waals surface area contributed by atoms with Crippen molar-refractivity contribution in [2.45, 2.75) is 76.3 Å². The molecule has 0 bridgehead atoms. The van der Waals surface area contributed by atoms with Gasteiger partial charge < -0.3 is 31.2 Å². The van der Waals surface area contributed by atoms with Gasteiger partial charge in [-0.15, -0.1) is 0 Å². The molecular weight excluding hydrogens is 382 g/mol. The molecule has 3 rings (SSSR count). The molecule has 0 radical (unpaired) electrons. The number of aromatic nitrogens is 3. The second-order valence-electron chi connectivity index (χ2n) is 8.20. The molecule has 170 valence electrons. The number of rotatable bonds is 13. The summed E-state index contributed by atoms with van der Waals surface area (Å²) in [5.41, 5.74) is 5.39. The van der Waals surface area contributed by atoms with Gasteiger partial charge in [0, 0.05) is 25.2 Å². The Bertz CT molecular complexity index is 591. The second kappa shape index (κ2) is 13.6. The number of anilines is 3. The van der Waals surface area contributed by atoms with E-state index in [0.29, 0.717) is 69.4 Å². The average Bonchev–Trinajstić information content (AvgIpc) is 3.12. The molecule has 0 aromatic carbocycles. The molecule has 1 aromatic heterocycles. The molecule has 2 saturated carbocycles. The van der Waals surface area contributed by atoms with Gasteiger partial charge in [0.1, 0.15) is 0 Å². The van der Waals surface area contributed by atoms with Crippen molar-refractivity contribution in [3.8, 4) is 0 Å². The third kappa shape index (κ3) is 8.57. The molecule has 0 spiro atoms. The minimum atomic E-state index is 0.443. The highest BCUT2D eigenvalue weighted by molar-refractivity contribution is 5.43. The Labute approximate surface area is 180 Å². The third-order valence-corrected chi connectivity index (χ3v) is 5.68. The van der Waals surface area contributed by atoms with Crippen molar-refractivity contribution in [1.29, 1.82) is 0 Å². The van der Waals surface area contributed by atoms with Gasteiger partial charge in [-0.1, -0.05) is 38.5 Å². The second-order valence-corrected chi connectivity index (χ2v) is 8.20. The quantitative estimate of drug-likeness (QED) is 0.281. The molecule has 2 aliphatic carbocycles. The van der Waals surface area contributed by atoms with Gasteiger partial charge in [-0.05, 0) is 25.7 Å². The highest BCUT2D eigenvalue weighted by atomic mass is 16.5. The lowest BCUT2D eigenvalue weighted by molar-refractivity contribution is 0.0547. The van der Waals surface area contributed by atoms with E-state index in [1.165, 1.54) is 64.2 Å². The van der Waals surface area contributed by atoms with Crippen LogP contribution >= 0.6 is 0 Å². The van der Waals surface area contributed by atoms with Gasteiger partial charge in [0.25, 0.3) is 0 Å². The average molecular weight is 422 g/mol. The highest BCUT2D eigenvalue weighted by Gasteiger charge is 2.18. The van der Waals surface area contributed by atoms with Crippen LogP contribution < -0.4 is 21.7 Å². The molecule has 2 fully saturated rings.